The summed E-state index contributed by atoms with van der Waals surface area (Å²) < 4.78 is 41.9. The molecule has 232 valence electrons. The number of aliphatic hydroxyl groups excluding tert-OH is 2. The lowest BCUT2D eigenvalue weighted by Crippen LogP contribution is -2.40. The zero-order valence-corrected chi connectivity index (χ0v) is 25.8. The van der Waals surface area contributed by atoms with Gasteiger partial charge in [0.2, 0.25) is 9.84 Å². The molecule has 12 heteroatoms. The first-order chi connectivity index (χ1) is 20.3. The number of sulfone groups is 1. The van der Waals surface area contributed by atoms with Gasteiger partial charge in [-0.25, -0.2) is 18.0 Å². The average Bonchev–Trinajstić information content (AvgIpc) is 2.96. The van der Waals surface area contributed by atoms with Gasteiger partial charge < -0.3 is 29.3 Å². The van der Waals surface area contributed by atoms with Crippen molar-refractivity contribution in [3.05, 3.63) is 88.9 Å². The zero-order chi connectivity index (χ0) is 31.6. The van der Waals surface area contributed by atoms with Gasteiger partial charge in [-0.15, -0.1) is 0 Å². The van der Waals surface area contributed by atoms with E-state index in [4.69, 9.17) is 30.9 Å². The fraction of sp³-hybridized carbons (Fsp3) is 0.355. The summed E-state index contributed by atoms with van der Waals surface area (Å²) in [6.07, 6.45) is -1.19. The molecule has 1 atom stereocenters. The average molecular weight is 634 g/mol. The summed E-state index contributed by atoms with van der Waals surface area (Å²) in [5.74, 6) is -0.373. The molecule has 0 aromatic heterocycles. The fourth-order valence-electron chi connectivity index (χ4n) is 3.91. The van der Waals surface area contributed by atoms with Crippen LogP contribution in [0.3, 0.4) is 0 Å². The van der Waals surface area contributed by atoms with Gasteiger partial charge in [-0.2, -0.15) is 0 Å². The summed E-state index contributed by atoms with van der Waals surface area (Å²) >= 11 is 6.06. The Morgan fingerprint density at radius 3 is 2.19 bits per heavy atom. The van der Waals surface area contributed by atoms with Gasteiger partial charge in [-0.3, -0.25) is 0 Å². The lowest BCUT2D eigenvalue weighted by atomic mass is 10.1. The maximum atomic E-state index is 13.2. The van der Waals surface area contributed by atoms with E-state index in [-0.39, 0.29) is 48.5 Å². The van der Waals surface area contributed by atoms with Crippen molar-refractivity contribution in [2.24, 2.45) is 0 Å². The molecule has 10 nitrogen and oxygen atoms in total. The second-order valence-corrected chi connectivity index (χ2v) is 13.0. The van der Waals surface area contributed by atoms with Crippen molar-refractivity contribution in [1.29, 1.82) is 0 Å². The second kappa shape index (κ2) is 15.2. The van der Waals surface area contributed by atoms with Crippen LogP contribution in [0.25, 0.3) is 0 Å². The molecular formula is C31H36ClNO9S. The van der Waals surface area contributed by atoms with Crippen LogP contribution in [0.1, 0.15) is 38.0 Å². The third-order valence-corrected chi connectivity index (χ3v) is 8.05. The van der Waals surface area contributed by atoms with E-state index >= 15 is 0 Å². The number of carbonyl (C=O) groups is 2. The van der Waals surface area contributed by atoms with Crippen LogP contribution in [0, 0.1) is 0 Å². The number of rotatable bonds is 13. The maximum absolute atomic E-state index is 13.2. The molecular weight excluding hydrogens is 598 g/mol. The molecule has 0 bridgehead atoms. The van der Waals surface area contributed by atoms with E-state index < -0.39 is 33.6 Å². The van der Waals surface area contributed by atoms with Crippen LogP contribution in [0.4, 0.5) is 4.79 Å². The number of benzene rings is 3. The number of hydrogen-bond acceptors (Lipinski definition) is 9. The summed E-state index contributed by atoms with van der Waals surface area (Å²) in [4.78, 5) is 26.0. The Morgan fingerprint density at radius 1 is 0.977 bits per heavy atom. The highest BCUT2D eigenvalue weighted by atomic mass is 35.5. The standard InChI is InChI=1S/C31H36ClNO9S/c1-31(2,3)42-30(37)33(20-28(35)23-5-4-6-24(32)19-23)16-15-22-7-11-26(12-8-22)43(38,39)27-13-9-25(10-14-27)41-21-29(36)40-18-17-34/h4-14,19,28,34-35H,15-18,20-21H2,1-3H3/t28-/m0/s1. The molecule has 0 radical (unpaired) electrons. The fourth-order valence-corrected chi connectivity index (χ4v) is 5.37. The number of amides is 1. The summed E-state index contributed by atoms with van der Waals surface area (Å²) in [7, 11) is -3.83. The first-order valence-corrected chi connectivity index (χ1v) is 15.4. The molecule has 0 fully saturated rings. The SMILES string of the molecule is CC(C)(C)OC(=O)N(CCc1ccc(S(=O)(=O)c2ccc(OCC(=O)OCCO)cc2)cc1)C[C@H](O)c1cccc(Cl)c1. The van der Waals surface area contributed by atoms with Crippen LogP contribution in [0.5, 0.6) is 5.75 Å². The van der Waals surface area contributed by atoms with Crippen molar-refractivity contribution in [1.82, 2.24) is 4.90 Å². The number of carbonyl (C=O) groups excluding carboxylic acids is 2. The number of aliphatic hydroxyl groups is 2. The molecule has 0 saturated carbocycles. The molecule has 2 N–H and O–H groups in total. The largest absolute Gasteiger partial charge is 0.482 e. The predicted octanol–water partition coefficient (Wildman–Crippen LogP) is 4.60. The summed E-state index contributed by atoms with van der Waals surface area (Å²) in [5.41, 5.74) is 0.611. The van der Waals surface area contributed by atoms with Gasteiger partial charge in [0, 0.05) is 11.6 Å². The first-order valence-electron chi connectivity index (χ1n) is 13.5. The molecule has 3 aromatic carbocycles. The van der Waals surface area contributed by atoms with Crippen molar-refractivity contribution in [2.75, 3.05) is 32.9 Å². The number of nitrogens with zero attached hydrogens (tertiary/aromatic N) is 1. The topological polar surface area (TPSA) is 140 Å². The highest BCUT2D eigenvalue weighted by Gasteiger charge is 2.25. The molecule has 1 amide bonds. The number of ether oxygens (including phenoxy) is 3. The van der Waals surface area contributed by atoms with Crippen LogP contribution in [0.2, 0.25) is 5.02 Å². The van der Waals surface area contributed by atoms with Crippen LogP contribution < -0.4 is 4.74 Å². The Bertz CT molecular complexity index is 1470. The van der Waals surface area contributed by atoms with E-state index in [2.05, 4.69) is 0 Å². The van der Waals surface area contributed by atoms with E-state index in [1.807, 2.05) is 0 Å². The minimum Gasteiger partial charge on any atom is -0.482 e. The van der Waals surface area contributed by atoms with Gasteiger partial charge in [0.15, 0.2) is 6.61 Å². The van der Waals surface area contributed by atoms with Crippen molar-refractivity contribution < 1.29 is 42.4 Å². The number of hydrogen-bond donors (Lipinski definition) is 2. The quantitative estimate of drug-likeness (QED) is 0.258. The van der Waals surface area contributed by atoms with E-state index in [1.165, 1.54) is 41.3 Å². The molecule has 0 aliphatic rings. The lowest BCUT2D eigenvalue weighted by molar-refractivity contribution is -0.146. The van der Waals surface area contributed by atoms with Crippen molar-refractivity contribution in [3.8, 4) is 5.75 Å². The number of esters is 1. The van der Waals surface area contributed by atoms with E-state index in [1.54, 1.807) is 57.2 Å². The monoisotopic (exact) mass is 633 g/mol. The number of halogens is 1. The van der Waals surface area contributed by atoms with E-state index in [0.717, 1.165) is 5.56 Å². The molecule has 0 unspecified atom stereocenters. The molecule has 0 aliphatic carbocycles. The maximum Gasteiger partial charge on any atom is 0.410 e. The Kier molecular flexibility index (Phi) is 12.0. The van der Waals surface area contributed by atoms with Crippen molar-refractivity contribution in [3.63, 3.8) is 0 Å². The Labute approximate surface area is 256 Å². The predicted molar refractivity (Wildman–Crippen MR) is 160 cm³/mol. The summed E-state index contributed by atoms with van der Waals surface area (Å²) in [6.45, 7) is 4.66. The van der Waals surface area contributed by atoms with Gasteiger partial charge in [0.05, 0.1) is 29.0 Å². The molecule has 0 saturated heterocycles. The molecule has 3 rings (SSSR count). The zero-order valence-electron chi connectivity index (χ0n) is 24.2. The van der Waals surface area contributed by atoms with Crippen LogP contribution in [0.15, 0.2) is 82.6 Å². The minimum absolute atomic E-state index is 0.0225. The summed E-state index contributed by atoms with van der Waals surface area (Å²) in [5, 5.41) is 19.9. The molecule has 0 spiro atoms. The highest BCUT2D eigenvalue weighted by Crippen LogP contribution is 2.24. The molecule has 3 aromatic rings. The highest BCUT2D eigenvalue weighted by molar-refractivity contribution is 7.91. The Balaban J connectivity index is 1.66. The third-order valence-electron chi connectivity index (χ3n) is 6.03. The van der Waals surface area contributed by atoms with E-state index in [0.29, 0.717) is 17.0 Å². The molecule has 0 heterocycles. The molecule has 43 heavy (non-hydrogen) atoms. The second-order valence-electron chi connectivity index (χ2n) is 10.6. The van der Waals surface area contributed by atoms with Gasteiger partial charge in [0.1, 0.15) is 18.0 Å². The van der Waals surface area contributed by atoms with Crippen LogP contribution in [-0.2, 0) is 30.5 Å². The molecule has 0 aliphatic heterocycles. The third kappa shape index (κ3) is 10.5. The minimum atomic E-state index is -3.83. The van der Waals surface area contributed by atoms with Gasteiger partial charge in [-0.1, -0.05) is 35.9 Å². The van der Waals surface area contributed by atoms with Crippen molar-refractivity contribution in [2.45, 2.75) is 48.7 Å². The van der Waals surface area contributed by atoms with Crippen molar-refractivity contribution >= 4 is 33.5 Å². The smallest absolute Gasteiger partial charge is 0.410 e. The van der Waals surface area contributed by atoms with Gasteiger partial charge in [0.25, 0.3) is 0 Å². The Hall–Kier alpha value is -3.64. The normalized spacial score (nSPS) is 12.3. The van der Waals surface area contributed by atoms with Gasteiger partial charge in [-0.05, 0) is 86.8 Å². The first kappa shape index (κ1) is 33.9. The van der Waals surface area contributed by atoms with Gasteiger partial charge >= 0.3 is 12.1 Å². The van der Waals surface area contributed by atoms with Crippen LogP contribution >= 0.6 is 11.6 Å². The Morgan fingerprint density at radius 2 is 1.60 bits per heavy atom. The van der Waals surface area contributed by atoms with E-state index in [9.17, 15) is 23.1 Å². The lowest BCUT2D eigenvalue weighted by Gasteiger charge is -2.29. The summed E-state index contributed by atoms with van der Waals surface area (Å²) in [6, 6.07) is 18.7. The van der Waals surface area contributed by atoms with Crippen LogP contribution in [-0.4, -0.2) is 74.1 Å².